The third-order valence-electron chi connectivity index (χ3n) is 4.21. The van der Waals surface area contributed by atoms with Crippen LogP contribution in [0.15, 0.2) is 33.6 Å². The fourth-order valence-corrected chi connectivity index (χ4v) is 4.69. The Labute approximate surface area is 132 Å². The lowest BCUT2D eigenvalue weighted by atomic mass is 9.85. The standard InChI is InChI=1S/C15H20BrNO2S/c1-17-15(14(18)19)9-4-5-11(15)8-10-20-13-7-3-2-6-12(13)16/h2-3,6-7,11,17H,4-5,8-10H2,1H3,(H,18,19). The summed E-state index contributed by atoms with van der Waals surface area (Å²) in [5, 5.41) is 12.6. The minimum atomic E-state index is -0.714. The maximum atomic E-state index is 11.6. The van der Waals surface area contributed by atoms with Gasteiger partial charge in [-0.05, 0) is 66.0 Å². The number of carboxylic acid groups (broad SMARTS) is 1. The number of hydrogen-bond donors (Lipinski definition) is 2. The quantitative estimate of drug-likeness (QED) is 0.760. The molecule has 0 radical (unpaired) electrons. The van der Waals surface area contributed by atoms with E-state index in [0.29, 0.717) is 0 Å². The van der Waals surface area contributed by atoms with Gasteiger partial charge < -0.3 is 10.4 Å². The van der Waals surface area contributed by atoms with E-state index >= 15 is 0 Å². The zero-order valence-corrected chi connectivity index (χ0v) is 14.0. The number of likely N-dealkylation sites (N-methyl/N-ethyl adjacent to an activating group) is 1. The zero-order valence-electron chi connectivity index (χ0n) is 11.6. The Morgan fingerprint density at radius 1 is 1.55 bits per heavy atom. The van der Waals surface area contributed by atoms with E-state index in [2.05, 4.69) is 27.3 Å². The fourth-order valence-electron chi connectivity index (χ4n) is 3.06. The Balaban J connectivity index is 1.94. The first-order valence-electron chi connectivity index (χ1n) is 6.90. The van der Waals surface area contributed by atoms with E-state index in [1.807, 2.05) is 18.2 Å². The van der Waals surface area contributed by atoms with Crippen LogP contribution in [0.2, 0.25) is 0 Å². The van der Waals surface area contributed by atoms with Crippen LogP contribution in [0.1, 0.15) is 25.7 Å². The van der Waals surface area contributed by atoms with Gasteiger partial charge in [-0.1, -0.05) is 18.6 Å². The molecule has 2 unspecified atom stereocenters. The van der Waals surface area contributed by atoms with Crippen LogP contribution in [0.5, 0.6) is 0 Å². The highest BCUT2D eigenvalue weighted by Gasteiger charge is 2.47. The molecule has 5 heteroatoms. The molecule has 2 rings (SSSR count). The Morgan fingerprint density at radius 2 is 2.30 bits per heavy atom. The summed E-state index contributed by atoms with van der Waals surface area (Å²) in [6.07, 6.45) is 3.67. The van der Waals surface area contributed by atoms with Gasteiger partial charge in [-0.2, -0.15) is 0 Å². The molecule has 0 spiro atoms. The second-order valence-corrected chi connectivity index (χ2v) is 7.17. The average molecular weight is 358 g/mol. The van der Waals surface area contributed by atoms with Crippen molar-refractivity contribution in [3.63, 3.8) is 0 Å². The molecule has 1 fully saturated rings. The molecule has 0 saturated heterocycles. The topological polar surface area (TPSA) is 49.3 Å². The van der Waals surface area contributed by atoms with Gasteiger partial charge in [0, 0.05) is 9.37 Å². The van der Waals surface area contributed by atoms with Gasteiger partial charge in [-0.15, -0.1) is 11.8 Å². The minimum absolute atomic E-state index is 0.222. The first-order chi connectivity index (χ1) is 9.60. The van der Waals surface area contributed by atoms with Crippen LogP contribution < -0.4 is 5.32 Å². The summed E-state index contributed by atoms with van der Waals surface area (Å²) in [6, 6.07) is 8.15. The largest absolute Gasteiger partial charge is 0.480 e. The maximum Gasteiger partial charge on any atom is 0.324 e. The molecule has 0 heterocycles. The highest BCUT2D eigenvalue weighted by atomic mass is 79.9. The van der Waals surface area contributed by atoms with Crippen LogP contribution in [0.3, 0.4) is 0 Å². The lowest BCUT2D eigenvalue weighted by Crippen LogP contribution is -2.53. The molecule has 2 N–H and O–H groups in total. The molecule has 2 atom stereocenters. The van der Waals surface area contributed by atoms with E-state index in [1.165, 1.54) is 4.90 Å². The van der Waals surface area contributed by atoms with E-state index in [1.54, 1.807) is 18.8 Å². The second-order valence-electron chi connectivity index (χ2n) is 5.18. The molecule has 0 amide bonds. The number of carbonyl (C=O) groups is 1. The Kier molecular flexibility index (Phi) is 5.52. The van der Waals surface area contributed by atoms with Crippen LogP contribution in [0.4, 0.5) is 0 Å². The number of carboxylic acids is 1. The first-order valence-corrected chi connectivity index (χ1v) is 8.67. The van der Waals surface area contributed by atoms with Gasteiger partial charge >= 0.3 is 5.97 Å². The smallest absolute Gasteiger partial charge is 0.324 e. The summed E-state index contributed by atoms with van der Waals surface area (Å²) in [4.78, 5) is 12.8. The number of aliphatic carboxylic acids is 1. The molecule has 1 saturated carbocycles. The van der Waals surface area contributed by atoms with Crippen molar-refractivity contribution >= 4 is 33.7 Å². The van der Waals surface area contributed by atoms with Gasteiger partial charge in [0.05, 0.1) is 0 Å². The van der Waals surface area contributed by atoms with E-state index in [0.717, 1.165) is 35.9 Å². The highest BCUT2D eigenvalue weighted by Crippen LogP contribution is 2.39. The molecule has 0 bridgehead atoms. The van der Waals surface area contributed by atoms with Crippen LogP contribution in [-0.4, -0.2) is 29.4 Å². The molecule has 1 aromatic carbocycles. The Hall–Kier alpha value is -0.520. The monoisotopic (exact) mass is 357 g/mol. The van der Waals surface area contributed by atoms with Crippen molar-refractivity contribution in [1.82, 2.24) is 5.32 Å². The number of hydrogen-bond acceptors (Lipinski definition) is 3. The first kappa shape index (κ1) is 15.9. The summed E-state index contributed by atoms with van der Waals surface area (Å²) >= 11 is 5.33. The molecule has 20 heavy (non-hydrogen) atoms. The minimum Gasteiger partial charge on any atom is -0.480 e. The number of benzene rings is 1. The van der Waals surface area contributed by atoms with Gasteiger partial charge in [0.1, 0.15) is 5.54 Å². The predicted molar refractivity (Wildman–Crippen MR) is 86.3 cm³/mol. The fraction of sp³-hybridized carbons (Fsp3) is 0.533. The number of rotatable bonds is 6. The maximum absolute atomic E-state index is 11.6. The lowest BCUT2D eigenvalue weighted by molar-refractivity contribution is -0.146. The van der Waals surface area contributed by atoms with Gasteiger partial charge in [-0.25, -0.2) is 0 Å². The van der Waals surface area contributed by atoms with E-state index in [9.17, 15) is 9.90 Å². The van der Waals surface area contributed by atoms with Crippen molar-refractivity contribution in [2.45, 2.75) is 36.1 Å². The molecule has 1 aromatic rings. The van der Waals surface area contributed by atoms with Crippen molar-refractivity contribution in [3.8, 4) is 0 Å². The molecule has 0 aromatic heterocycles. The van der Waals surface area contributed by atoms with Gasteiger partial charge in [0.25, 0.3) is 0 Å². The van der Waals surface area contributed by atoms with E-state index < -0.39 is 11.5 Å². The van der Waals surface area contributed by atoms with Crippen LogP contribution in [0, 0.1) is 5.92 Å². The van der Waals surface area contributed by atoms with Gasteiger partial charge in [0.15, 0.2) is 0 Å². The number of halogens is 1. The second kappa shape index (κ2) is 6.96. The molecule has 3 nitrogen and oxygen atoms in total. The van der Waals surface area contributed by atoms with Crippen molar-refractivity contribution in [2.75, 3.05) is 12.8 Å². The third-order valence-corrected chi connectivity index (χ3v) is 6.27. The summed E-state index contributed by atoms with van der Waals surface area (Å²) in [5.41, 5.74) is -0.714. The average Bonchev–Trinajstić information content (AvgIpc) is 2.85. The normalized spacial score (nSPS) is 25.8. The summed E-state index contributed by atoms with van der Waals surface area (Å²) in [5.74, 6) is 0.470. The molecular formula is C15H20BrNO2S. The summed E-state index contributed by atoms with van der Waals surface area (Å²) in [6.45, 7) is 0. The van der Waals surface area contributed by atoms with E-state index in [-0.39, 0.29) is 5.92 Å². The van der Waals surface area contributed by atoms with Crippen LogP contribution >= 0.6 is 27.7 Å². The predicted octanol–water partition coefficient (Wildman–Crippen LogP) is 3.77. The van der Waals surface area contributed by atoms with Crippen molar-refractivity contribution in [1.29, 1.82) is 0 Å². The SMILES string of the molecule is CNC1(C(=O)O)CCCC1CCSc1ccccc1Br. The number of thioether (sulfide) groups is 1. The highest BCUT2D eigenvalue weighted by molar-refractivity contribution is 9.10. The summed E-state index contributed by atoms with van der Waals surface area (Å²) in [7, 11) is 1.77. The van der Waals surface area contributed by atoms with Crippen molar-refractivity contribution in [2.24, 2.45) is 5.92 Å². The Bertz CT molecular complexity index is 483. The number of nitrogens with one attached hydrogen (secondary N) is 1. The molecule has 1 aliphatic carbocycles. The molecule has 1 aliphatic rings. The lowest BCUT2D eigenvalue weighted by Gasteiger charge is -2.31. The van der Waals surface area contributed by atoms with Crippen LogP contribution in [-0.2, 0) is 4.79 Å². The van der Waals surface area contributed by atoms with Crippen molar-refractivity contribution < 1.29 is 9.90 Å². The third kappa shape index (κ3) is 3.21. The summed E-state index contributed by atoms with van der Waals surface area (Å²) < 4.78 is 1.11. The van der Waals surface area contributed by atoms with Crippen molar-refractivity contribution in [3.05, 3.63) is 28.7 Å². The van der Waals surface area contributed by atoms with Crippen LogP contribution in [0.25, 0.3) is 0 Å². The molecule has 110 valence electrons. The molecule has 0 aliphatic heterocycles. The van der Waals surface area contributed by atoms with Gasteiger partial charge in [0.2, 0.25) is 0 Å². The molecular weight excluding hydrogens is 338 g/mol. The zero-order chi connectivity index (χ0) is 14.6. The van der Waals surface area contributed by atoms with Gasteiger partial charge in [-0.3, -0.25) is 4.79 Å². The Morgan fingerprint density at radius 3 is 2.95 bits per heavy atom. The van der Waals surface area contributed by atoms with E-state index in [4.69, 9.17) is 0 Å².